The van der Waals surface area contributed by atoms with Crippen molar-refractivity contribution in [3.8, 4) is 0 Å². The van der Waals surface area contributed by atoms with E-state index in [-0.39, 0.29) is 28.9 Å². The first-order valence-corrected chi connectivity index (χ1v) is 10.3. The molecular formula is C20H22ClF2N3O2S. The zero-order chi connectivity index (χ0) is 20.1. The maximum Gasteiger partial charge on any atom is 0.240 e. The summed E-state index contributed by atoms with van der Waals surface area (Å²) in [5.41, 5.74) is 0.284. The van der Waals surface area contributed by atoms with Crippen LogP contribution >= 0.6 is 12.4 Å². The van der Waals surface area contributed by atoms with E-state index in [0.29, 0.717) is 19.5 Å². The van der Waals surface area contributed by atoms with Gasteiger partial charge in [0, 0.05) is 30.4 Å². The highest BCUT2D eigenvalue weighted by Gasteiger charge is 2.17. The lowest BCUT2D eigenvalue weighted by Gasteiger charge is -2.15. The molecule has 0 fully saturated rings. The first kappa shape index (κ1) is 23.2. The SMILES string of the molecule is CC(CNCCc1cccc(F)c1F)NS(=O)(=O)c1ccc2cnccc2c1.Cl. The third kappa shape index (κ3) is 5.93. The van der Waals surface area contributed by atoms with Gasteiger partial charge in [-0.25, -0.2) is 21.9 Å². The molecule has 0 aliphatic rings. The quantitative estimate of drug-likeness (QED) is 0.525. The number of halogens is 3. The highest BCUT2D eigenvalue weighted by atomic mass is 35.5. The van der Waals surface area contributed by atoms with Crippen molar-refractivity contribution in [2.24, 2.45) is 0 Å². The van der Waals surface area contributed by atoms with Crippen LogP contribution in [-0.2, 0) is 16.4 Å². The van der Waals surface area contributed by atoms with Gasteiger partial charge in [-0.3, -0.25) is 4.98 Å². The van der Waals surface area contributed by atoms with E-state index in [9.17, 15) is 17.2 Å². The van der Waals surface area contributed by atoms with Crippen LogP contribution < -0.4 is 10.0 Å². The van der Waals surface area contributed by atoms with Crippen LogP contribution in [0.3, 0.4) is 0 Å². The summed E-state index contributed by atoms with van der Waals surface area (Å²) in [6, 6.07) is 10.3. The van der Waals surface area contributed by atoms with Gasteiger partial charge in [0.2, 0.25) is 10.0 Å². The van der Waals surface area contributed by atoms with Crippen LogP contribution in [0, 0.1) is 11.6 Å². The minimum atomic E-state index is -3.67. The maximum absolute atomic E-state index is 13.6. The van der Waals surface area contributed by atoms with E-state index in [1.165, 1.54) is 12.1 Å². The number of nitrogens with one attached hydrogen (secondary N) is 2. The van der Waals surface area contributed by atoms with Gasteiger partial charge in [-0.15, -0.1) is 12.4 Å². The third-order valence-electron chi connectivity index (χ3n) is 4.33. The third-order valence-corrected chi connectivity index (χ3v) is 5.92. The molecule has 0 radical (unpaired) electrons. The Morgan fingerprint density at radius 2 is 1.90 bits per heavy atom. The molecular weight excluding hydrogens is 420 g/mol. The molecule has 0 saturated heterocycles. The Morgan fingerprint density at radius 3 is 2.69 bits per heavy atom. The molecule has 29 heavy (non-hydrogen) atoms. The van der Waals surface area contributed by atoms with E-state index in [1.807, 2.05) is 0 Å². The zero-order valence-corrected chi connectivity index (χ0v) is 17.4. The number of hydrogen-bond acceptors (Lipinski definition) is 4. The molecule has 0 aliphatic heterocycles. The van der Waals surface area contributed by atoms with Crippen LogP contribution in [-0.4, -0.2) is 32.5 Å². The molecule has 5 nitrogen and oxygen atoms in total. The highest BCUT2D eigenvalue weighted by molar-refractivity contribution is 7.89. The number of sulfonamides is 1. The van der Waals surface area contributed by atoms with Crippen LogP contribution in [0.4, 0.5) is 8.78 Å². The molecule has 2 aromatic carbocycles. The number of benzene rings is 2. The molecule has 1 aromatic heterocycles. The molecule has 2 N–H and O–H groups in total. The van der Waals surface area contributed by atoms with Crippen LogP contribution in [0.1, 0.15) is 12.5 Å². The van der Waals surface area contributed by atoms with Crippen molar-refractivity contribution in [1.29, 1.82) is 0 Å². The number of fused-ring (bicyclic) bond motifs is 1. The molecule has 1 atom stereocenters. The normalized spacial score (nSPS) is 12.5. The lowest BCUT2D eigenvalue weighted by molar-refractivity contribution is 0.494. The number of rotatable bonds is 8. The average molecular weight is 442 g/mol. The van der Waals surface area contributed by atoms with Crippen molar-refractivity contribution in [3.05, 3.63) is 72.1 Å². The predicted octanol–water partition coefficient (Wildman–Crippen LogP) is 3.43. The zero-order valence-electron chi connectivity index (χ0n) is 15.7. The smallest absolute Gasteiger partial charge is 0.240 e. The van der Waals surface area contributed by atoms with Crippen LogP contribution in [0.15, 0.2) is 59.8 Å². The van der Waals surface area contributed by atoms with Crippen molar-refractivity contribution in [2.75, 3.05) is 13.1 Å². The monoisotopic (exact) mass is 441 g/mol. The number of pyridine rings is 1. The molecule has 1 unspecified atom stereocenters. The summed E-state index contributed by atoms with van der Waals surface area (Å²) in [6.45, 7) is 2.49. The Hall–Kier alpha value is -2.13. The summed E-state index contributed by atoms with van der Waals surface area (Å²) in [6.07, 6.45) is 3.59. The lowest BCUT2D eigenvalue weighted by Crippen LogP contribution is -2.40. The Morgan fingerprint density at radius 1 is 1.10 bits per heavy atom. The summed E-state index contributed by atoms with van der Waals surface area (Å²) in [4.78, 5) is 4.19. The summed E-state index contributed by atoms with van der Waals surface area (Å²) in [5.74, 6) is -1.71. The largest absolute Gasteiger partial charge is 0.315 e. The van der Waals surface area contributed by atoms with Gasteiger partial charge >= 0.3 is 0 Å². The Kier molecular flexibility index (Phi) is 8.04. The first-order valence-electron chi connectivity index (χ1n) is 8.86. The van der Waals surface area contributed by atoms with Crippen LogP contribution in [0.2, 0.25) is 0 Å². The molecule has 156 valence electrons. The molecule has 0 bridgehead atoms. The van der Waals surface area contributed by atoms with E-state index in [2.05, 4.69) is 15.0 Å². The fourth-order valence-electron chi connectivity index (χ4n) is 2.89. The van der Waals surface area contributed by atoms with Gasteiger partial charge in [0.25, 0.3) is 0 Å². The van der Waals surface area contributed by atoms with Gasteiger partial charge in [0.15, 0.2) is 11.6 Å². The molecule has 3 aromatic rings. The second-order valence-electron chi connectivity index (χ2n) is 6.57. The van der Waals surface area contributed by atoms with Gasteiger partial charge < -0.3 is 5.32 Å². The van der Waals surface area contributed by atoms with Crippen molar-refractivity contribution in [3.63, 3.8) is 0 Å². The minimum Gasteiger partial charge on any atom is -0.315 e. The van der Waals surface area contributed by atoms with Gasteiger partial charge in [0.1, 0.15) is 0 Å². The lowest BCUT2D eigenvalue weighted by atomic mass is 10.1. The van der Waals surface area contributed by atoms with Gasteiger partial charge in [-0.2, -0.15) is 0 Å². The fourth-order valence-corrected chi connectivity index (χ4v) is 4.16. The highest BCUT2D eigenvalue weighted by Crippen LogP contribution is 2.18. The molecule has 9 heteroatoms. The average Bonchev–Trinajstić information content (AvgIpc) is 2.67. The maximum atomic E-state index is 13.6. The Labute approximate surface area is 175 Å². The Bertz CT molecular complexity index is 1080. The second kappa shape index (κ2) is 10.1. The summed E-state index contributed by atoms with van der Waals surface area (Å²) < 4.78 is 54.6. The summed E-state index contributed by atoms with van der Waals surface area (Å²) >= 11 is 0. The van der Waals surface area contributed by atoms with E-state index in [4.69, 9.17) is 0 Å². The van der Waals surface area contributed by atoms with E-state index >= 15 is 0 Å². The summed E-state index contributed by atoms with van der Waals surface area (Å²) in [5, 5.41) is 4.71. The number of nitrogens with zero attached hydrogens (tertiary/aromatic N) is 1. The topological polar surface area (TPSA) is 71.1 Å². The van der Waals surface area contributed by atoms with Gasteiger partial charge in [-0.05, 0) is 55.1 Å². The van der Waals surface area contributed by atoms with Gasteiger partial charge in [-0.1, -0.05) is 18.2 Å². The van der Waals surface area contributed by atoms with Crippen molar-refractivity contribution in [1.82, 2.24) is 15.0 Å². The summed E-state index contributed by atoms with van der Waals surface area (Å²) in [7, 11) is -3.67. The van der Waals surface area contributed by atoms with E-state index in [1.54, 1.807) is 43.6 Å². The standard InChI is InChI=1S/C20H21F2N3O2S.ClH/c1-14(12-23-9-7-15-3-2-4-19(21)20(15)22)25-28(26,27)18-6-5-17-13-24-10-8-16(17)11-18;/h2-6,8,10-11,13-14,23,25H,7,9,12H2,1H3;1H. The number of aromatic nitrogens is 1. The van der Waals surface area contributed by atoms with Crippen molar-refractivity contribution in [2.45, 2.75) is 24.3 Å². The van der Waals surface area contributed by atoms with E-state index < -0.39 is 21.7 Å². The van der Waals surface area contributed by atoms with Crippen LogP contribution in [0.5, 0.6) is 0 Å². The second-order valence-corrected chi connectivity index (χ2v) is 8.29. The molecule has 1 heterocycles. The molecule has 0 aliphatic carbocycles. The van der Waals surface area contributed by atoms with Crippen molar-refractivity contribution < 1.29 is 17.2 Å². The molecule has 3 rings (SSSR count). The van der Waals surface area contributed by atoms with Crippen molar-refractivity contribution >= 4 is 33.2 Å². The fraction of sp³-hybridized carbons (Fsp3) is 0.250. The van der Waals surface area contributed by atoms with E-state index in [0.717, 1.165) is 16.8 Å². The number of hydrogen-bond donors (Lipinski definition) is 2. The first-order chi connectivity index (χ1) is 13.4. The molecule has 0 saturated carbocycles. The Balaban J connectivity index is 0.00000300. The predicted molar refractivity (Wildman–Crippen MR) is 112 cm³/mol. The minimum absolute atomic E-state index is 0. The van der Waals surface area contributed by atoms with Crippen LogP contribution in [0.25, 0.3) is 10.8 Å². The van der Waals surface area contributed by atoms with Gasteiger partial charge in [0.05, 0.1) is 4.90 Å². The molecule has 0 amide bonds. The molecule has 0 spiro atoms.